The second kappa shape index (κ2) is 8.08. The molecule has 0 saturated carbocycles. The molecule has 3 nitrogen and oxygen atoms in total. The Balaban J connectivity index is 3.69. The van der Waals surface area contributed by atoms with Crippen LogP contribution < -0.4 is 0 Å². The lowest BCUT2D eigenvalue weighted by atomic mass is 9.95. The quantitative estimate of drug-likeness (QED) is 0.636. The smallest absolute Gasteiger partial charge is 0.157 e. The number of aliphatic hydroxyl groups is 1. The second-order valence-electron chi connectivity index (χ2n) is 4.63. The van der Waals surface area contributed by atoms with Gasteiger partial charge in [-0.2, -0.15) is 0 Å². The fraction of sp³-hybridized carbons (Fsp3) is 1.00. The van der Waals surface area contributed by atoms with Gasteiger partial charge in [0, 0.05) is 20.6 Å². The van der Waals surface area contributed by atoms with E-state index in [-0.39, 0.29) is 12.4 Å². The van der Waals surface area contributed by atoms with Crippen molar-refractivity contribution in [3.63, 3.8) is 0 Å². The van der Waals surface area contributed by atoms with E-state index in [0.29, 0.717) is 11.8 Å². The SMILES string of the molecule is COC(CC(C)CCC(O)C(C)C)OC. The van der Waals surface area contributed by atoms with Gasteiger partial charge in [-0.25, -0.2) is 0 Å². The van der Waals surface area contributed by atoms with Crippen LogP contribution in [0.25, 0.3) is 0 Å². The molecule has 0 aliphatic rings. The van der Waals surface area contributed by atoms with Crippen molar-refractivity contribution in [1.82, 2.24) is 0 Å². The molecule has 3 heteroatoms. The zero-order chi connectivity index (χ0) is 11.8. The van der Waals surface area contributed by atoms with Gasteiger partial charge in [-0.3, -0.25) is 0 Å². The van der Waals surface area contributed by atoms with Crippen molar-refractivity contribution in [2.24, 2.45) is 11.8 Å². The van der Waals surface area contributed by atoms with Crippen LogP contribution in [-0.2, 0) is 9.47 Å². The first-order chi connectivity index (χ1) is 7.01. The topological polar surface area (TPSA) is 38.7 Å². The van der Waals surface area contributed by atoms with Crippen molar-refractivity contribution in [1.29, 1.82) is 0 Å². The monoisotopic (exact) mass is 218 g/mol. The van der Waals surface area contributed by atoms with E-state index in [2.05, 4.69) is 6.92 Å². The van der Waals surface area contributed by atoms with Crippen LogP contribution in [0, 0.1) is 11.8 Å². The highest BCUT2D eigenvalue weighted by atomic mass is 16.7. The molecule has 2 unspecified atom stereocenters. The highest BCUT2D eigenvalue weighted by Crippen LogP contribution is 2.18. The molecular weight excluding hydrogens is 192 g/mol. The van der Waals surface area contributed by atoms with Crippen LogP contribution in [0.5, 0.6) is 0 Å². The lowest BCUT2D eigenvalue weighted by molar-refractivity contribution is -0.113. The first kappa shape index (κ1) is 14.9. The molecule has 0 heterocycles. The Kier molecular flexibility index (Phi) is 8.02. The zero-order valence-corrected chi connectivity index (χ0v) is 10.7. The van der Waals surface area contributed by atoms with Crippen LogP contribution in [0.4, 0.5) is 0 Å². The minimum atomic E-state index is -0.184. The molecule has 0 bridgehead atoms. The van der Waals surface area contributed by atoms with Gasteiger partial charge in [0.2, 0.25) is 0 Å². The number of ether oxygens (including phenoxy) is 2. The minimum absolute atomic E-state index is 0.115. The molecule has 92 valence electrons. The third-order valence-electron chi connectivity index (χ3n) is 2.85. The maximum atomic E-state index is 9.66. The summed E-state index contributed by atoms with van der Waals surface area (Å²) in [5.74, 6) is 0.862. The lowest BCUT2D eigenvalue weighted by Crippen LogP contribution is -2.19. The highest BCUT2D eigenvalue weighted by molar-refractivity contribution is 4.63. The van der Waals surface area contributed by atoms with E-state index in [1.54, 1.807) is 14.2 Å². The van der Waals surface area contributed by atoms with Gasteiger partial charge in [-0.15, -0.1) is 0 Å². The van der Waals surface area contributed by atoms with Gasteiger partial charge in [0.15, 0.2) is 6.29 Å². The molecule has 0 rings (SSSR count). The zero-order valence-electron chi connectivity index (χ0n) is 10.7. The summed E-state index contributed by atoms with van der Waals surface area (Å²) in [6.45, 7) is 6.25. The summed E-state index contributed by atoms with van der Waals surface area (Å²) in [5, 5.41) is 9.66. The van der Waals surface area contributed by atoms with E-state index in [0.717, 1.165) is 19.3 Å². The number of hydrogen-bond donors (Lipinski definition) is 1. The molecule has 0 amide bonds. The molecule has 0 aromatic heterocycles. The maximum Gasteiger partial charge on any atom is 0.157 e. The standard InChI is InChI=1S/C12H26O3/c1-9(2)11(13)7-6-10(3)8-12(14-4)15-5/h9-13H,6-8H2,1-5H3. The normalized spacial score (nSPS) is 16.0. The van der Waals surface area contributed by atoms with Gasteiger partial charge < -0.3 is 14.6 Å². The third-order valence-corrected chi connectivity index (χ3v) is 2.85. The first-order valence-corrected chi connectivity index (χ1v) is 5.74. The average Bonchev–Trinajstić information content (AvgIpc) is 2.22. The maximum absolute atomic E-state index is 9.66. The highest BCUT2D eigenvalue weighted by Gasteiger charge is 2.14. The molecule has 0 aromatic rings. The van der Waals surface area contributed by atoms with E-state index in [9.17, 15) is 5.11 Å². The fourth-order valence-electron chi connectivity index (χ4n) is 1.52. The summed E-state index contributed by atoms with van der Waals surface area (Å²) in [4.78, 5) is 0. The Morgan fingerprint density at radius 2 is 1.53 bits per heavy atom. The second-order valence-corrected chi connectivity index (χ2v) is 4.63. The molecule has 0 radical (unpaired) electrons. The van der Waals surface area contributed by atoms with Crippen molar-refractivity contribution in [3.8, 4) is 0 Å². The molecule has 0 aliphatic heterocycles. The Hall–Kier alpha value is -0.120. The summed E-state index contributed by atoms with van der Waals surface area (Å²) in [6, 6.07) is 0. The van der Waals surface area contributed by atoms with Crippen LogP contribution in [-0.4, -0.2) is 31.7 Å². The van der Waals surface area contributed by atoms with Gasteiger partial charge in [0.05, 0.1) is 6.10 Å². The van der Waals surface area contributed by atoms with Crippen molar-refractivity contribution in [2.75, 3.05) is 14.2 Å². The van der Waals surface area contributed by atoms with Crippen LogP contribution in [0.2, 0.25) is 0 Å². The largest absolute Gasteiger partial charge is 0.393 e. The Morgan fingerprint density at radius 1 is 1.00 bits per heavy atom. The number of rotatable bonds is 8. The van der Waals surface area contributed by atoms with Gasteiger partial charge in [-0.1, -0.05) is 20.8 Å². The molecule has 0 spiro atoms. The number of aliphatic hydroxyl groups excluding tert-OH is 1. The molecule has 0 aromatic carbocycles. The number of methoxy groups -OCH3 is 2. The van der Waals surface area contributed by atoms with E-state index >= 15 is 0 Å². The molecule has 2 atom stereocenters. The van der Waals surface area contributed by atoms with Gasteiger partial charge in [-0.05, 0) is 24.7 Å². The van der Waals surface area contributed by atoms with Crippen LogP contribution in [0.15, 0.2) is 0 Å². The van der Waals surface area contributed by atoms with Crippen molar-refractivity contribution in [3.05, 3.63) is 0 Å². The predicted octanol–water partition coefficient (Wildman–Crippen LogP) is 2.43. The Labute approximate surface area is 93.8 Å². The summed E-state index contributed by atoms with van der Waals surface area (Å²) in [5.41, 5.74) is 0. The molecule has 0 saturated heterocycles. The van der Waals surface area contributed by atoms with E-state index in [1.165, 1.54) is 0 Å². The Morgan fingerprint density at radius 3 is 1.93 bits per heavy atom. The van der Waals surface area contributed by atoms with Gasteiger partial charge in [0.1, 0.15) is 0 Å². The summed E-state index contributed by atoms with van der Waals surface area (Å²) >= 11 is 0. The van der Waals surface area contributed by atoms with E-state index < -0.39 is 0 Å². The third kappa shape index (κ3) is 6.88. The minimum Gasteiger partial charge on any atom is -0.393 e. The van der Waals surface area contributed by atoms with Crippen molar-refractivity contribution in [2.45, 2.75) is 52.4 Å². The Bertz CT molecular complexity index is 144. The molecule has 0 fully saturated rings. The van der Waals surface area contributed by atoms with Crippen LogP contribution in [0.1, 0.15) is 40.0 Å². The first-order valence-electron chi connectivity index (χ1n) is 5.74. The molecule has 0 aliphatic carbocycles. The molecule has 1 N–H and O–H groups in total. The summed E-state index contributed by atoms with van der Waals surface area (Å²) in [7, 11) is 3.31. The van der Waals surface area contributed by atoms with Gasteiger partial charge in [0.25, 0.3) is 0 Å². The summed E-state index contributed by atoms with van der Waals surface area (Å²) in [6.07, 6.45) is 2.46. The van der Waals surface area contributed by atoms with Gasteiger partial charge >= 0.3 is 0 Å². The van der Waals surface area contributed by atoms with Crippen LogP contribution in [0.3, 0.4) is 0 Å². The molecular formula is C12H26O3. The molecule has 15 heavy (non-hydrogen) atoms. The summed E-state index contributed by atoms with van der Waals surface area (Å²) < 4.78 is 10.3. The predicted molar refractivity (Wildman–Crippen MR) is 61.7 cm³/mol. The number of hydrogen-bond acceptors (Lipinski definition) is 3. The van der Waals surface area contributed by atoms with E-state index in [4.69, 9.17) is 9.47 Å². The average molecular weight is 218 g/mol. The van der Waals surface area contributed by atoms with Crippen molar-refractivity contribution >= 4 is 0 Å². The lowest BCUT2D eigenvalue weighted by Gasteiger charge is -2.20. The van der Waals surface area contributed by atoms with Crippen molar-refractivity contribution < 1.29 is 14.6 Å². The van der Waals surface area contributed by atoms with Crippen LogP contribution >= 0.6 is 0 Å². The van der Waals surface area contributed by atoms with E-state index in [1.807, 2.05) is 13.8 Å². The fourth-order valence-corrected chi connectivity index (χ4v) is 1.52.